The van der Waals surface area contributed by atoms with E-state index in [1.165, 1.54) is 0 Å². The highest BCUT2D eigenvalue weighted by Gasteiger charge is 2.40. The minimum Gasteiger partial charge on any atom is -0.350 e. The first-order chi connectivity index (χ1) is 21.1. The number of aryl methyl sites for hydroxylation is 1. The van der Waals surface area contributed by atoms with Gasteiger partial charge in [-0.2, -0.15) is 0 Å². The van der Waals surface area contributed by atoms with Crippen molar-refractivity contribution in [3.63, 3.8) is 0 Å². The molecule has 5 atom stereocenters. The van der Waals surface area contributed by atoms with Crippen LogP contribution in [0.1, 0.15) is 90.5 Å². The number of benzene rings is 1. The van der Waals surface area contributed by atoms with Crippen LogP contribution >= 0.6 is 0 Å². The Balaban J connectivity index is 1.65. The topological polar surface area (TPSA) is 130 Å². The number of hydrogen-bond acceptors (Lipinski definition) is 5. The van der Waals surface area contributed by atoms with Crippen molar-refractivity contribution >= 4 is 40.3 Å². The van der Waals surface area contributed by atoms with Crippen molar-refractivity contribution in [1.82, 2.24) is 25.4 Å². The summed E-state index contributed by atoms with van der Waals surface area (Å²) in [6, 6.07) is 4.58. The molecule has 0 saturated carbocycles. The minimum atomic E-state index is -0.953. The fourth-order valence-electron chi connectivity index (χ4n) is 6.43. The van der Waals surface area contributed by atoms with E-state index in [0.717, 1.165) is 42.1 Å². The van der Waals surface area contributed by atoms with Gasteiger partial charge in [0.05, 0.1) is 0 Å². The van der Waals surface area contributed by atoms with Crippen LogP contribution in [0.5, 0.6) is 0 Å². The van der Waals surface area contributed by atoms with E-state index in [9.17, 15) is 24.0 Å². The monoisotopic (exact) mass is 607 g/mol. The molecule has 1 aromatic heterocycles. The largest absolute Gasteiger partial charge is 0.350 e. The molecule has 2 aromatic rings. The van der Waals surface area contributed by atoms with Crippen LogP contribution in [-0.4, -0.2) is 69.6 Å². The number of Topliss-reactive ketones (excluding diaryl/α,β-unsaturated/α-hetero) is 1. The summed E-state index contributed by atoms with van der Waals surface area (Å²) in [5, 5.41) is 9.91. The standard InChI is InChI=1S/C34H49N5O5/c1-5-22(3)30-34(44)39-19-13-12-18-29(39)33(43)35-26(16-9-7-8-14-24(40)6-2)31(41)36-27(32(42)37-30)20-23-21-38(4)28-17-11-10-15-25(23)28/h10-11,15,17,21-22,26-27,29-30H,5-9,12-14,16,18-20H2,1-4H3,(H,35,43)(H,36,41)(H,37,42)/t22-,26-,27-,29+,30-/m0/s1. The van der Waals surface area contributed by atoms with E-state index >= 15 is 0 Å². The number of unbranched alkanes of at least 4 members (excludes halogenated alkanes) is 2. The quantitative estimate of drug-likeness (QED) is 0.337. The van der Waals surface area contributed by atoms with Crippen LogP contribution in [0.4, 0.5) is 0 Å². The molecule has 4 amide bonds. The average Bonchev–Trinajstić information content (AvgIpc) is 3.35. The van der Waals surface area contributed by atoms with E-state index in [0.29, 0.717) is 45.1 Å². The number of carbonyl (C=O) groups is 5. The van der Waals surface area contributed by atoms with Gasteiger partial charge in [-0.05, 0) is 49.7 Å². The highest BCUT2D eigenvalue weighted by atomic mass is 16.2. The van der Waals surface area contributed by atoms with Crippen molar-refractivity contribution in [2.45, 2.75) is 116 Å². The van der Waals surface area contributed by atoms with Crippen LogP contribution in [0.3, 0.4) is 0 Å². The van der Waals surface area contributed by atoms with Crippen LogP contribution < -0.4 is 16.0 Å². The van der Waals surface area contributed by atoms with Crippen LogP contribution in [0.2, 0.25) is 0 Å². The van der Waals surface area contributed by atoms with Gasteiger partial charge in [0.1, 0.15) is 30.0 Å². The lowest BCUT2D eigenvalue weighted by Gasteiger charge is -2.39. The SMILES string of the molecule is CCC(=O)CCCCC[C@@H]1NC(=O)[C@H]2CCCCN2C(=O)[C@H]([C@@H](C)CC)NC(=O)[C@H](Cc2cn(C)c3ccccc23)NC1=O. The second-order valence-corrected chi connectivity index (χ2v) is 12.5. The summed E-state index contributed by atoms with van der Waals surface area (Å²) in [5.41, 5.74) is 1.91. The van der Waals surface area contributed by atoms with Gasteiger partial charge in [-0.3, -0.25) is 24.0 Å². The molecule has 10 heteroatoms. The van der Waals surface area contributed by atoms with Gasteiger partial charge in [0.15, 0.2) is 0 Å². The van der Waals surface area contributed by atoms with Gasteiger partial charge in [0.25, 0.3) is 0 Å². The molecule has 4 rings (SSSR count). The normalized spacial score (nSPS) is 24.0. The zero-order valence-corrected chi connectivity index (χ0v) is 26.7. The number of carbonyl (C=O) groups excluding carboxylic acids is 5. The van der Waals surface area contributed by atoms with E-state index in [4.69, 9.17) is 0 Å². The Hall–Kier alpha value is -3.69. The molecule has 2 aliphatic heterocycles. The lowest BCUT2D eigenvalue weighted by Crippen LogP contribution is -2.64. The maximum atomic E-state index is 14.0. The van der Waals surface area contributed by atoms with Gasteiger partial charge >= 0.3 is 0 Å². The van der Waals surface area contributed by atoms with Gasteiger partial charge in [0, 0.05) is 50.0 Å². The first-order valence-corrected chi connectivity index (χ1v) is 16.4. The van der Waals surface area contributed by atoms with Crippen LogP contribution in [-0.2, 0) is 37.4 Å². The van der Waals surface area contributed by atoms with Gasteiger partial charge < -0.3 is 25.4 Å². The Morgan fingerprint density at radius 1 is 0.932 bits per heavy atom. The summed E-state index contributed by atoms with van der Waals surface area (Å²) in [7, 11) is 1.94. The Bertz CT molecular complexity index is 1350. The third-order valence-corrected chi connectivity index (χ3v) is 9.38. The molecule has 2 saturated heterocycles. The number of rotatable bonds is 11. The summed E-state index contributed by atoms with van der Waals surface area (Å²) in [4.78, 5) is 68.9. The van der Waals surface area contributed by atoms with Crippen LogP contribution in [0, 0.1) is 5.92 Å². The van der Waals surface area contributed by atoms with E-state index in [1.807, 2.05) is 62.8 Å². The number of hydrogen-bond donors (Lipinski definition) is 3. The van der Waals surface area contributed by atoms with E-state index in [-0.39, 0.29) is 29.9 Å². The summed E-state index contributed by atoms with van der Waals surface area (Å²) in [6.45, 7) is 6.18. The number of ketones is 1. The van der Waals surface area contributed by atoms with Crippen molar-refractivity contribution in [3.05, 3.63) is 36.0 Å². The summed E-state index contributed by atoms with van der Waals surface area (Å²) >= 11 is 0. The lowest BCUT2D eigenvalue weighted by atomic mass is 9.93. The number of aromatic nitrogens is 1. The fourth-order valence-corrected chi connectivity index (χ4v) is 6.43. The summed E-state index contributed by atoms with van der Waals surface area (Å²) in [5.74, 6) is -1.37. The molecule has 44 heavy (non-hydrogen) atoms. The Labute approximate surface area is 260 Å². The summed E-state index contributed by atoms with van der Waals surface area (Å²) in [6.07, 6.45) is 8.44. The third-order valence-electron chi connectivity index (χ3n) is 9.38. The first-order valence-electron chi connectivity index (χ1n) is 16.4. The van der Waals surface area contributed by atoms with E-state index in [2.05, 4.69) is 16.0 Å². The molecular formula is C34H49N5O5. The van der Waals surface area contributed by atoms with Crippen molar-refractivity contribution in [1.29, 1.82) is 0 Å². The minimum absolute atomic E-state index is 0.165. The molecule has 2 fully saturated rings. The number of nitrogens with one attached hydrogen (secondary N) is 3. The molecule has 0 radical (unpaired) electrons. The Morgan fingerprint density at radius 3 is 2.41 bits per heavy atom. The Kier molecular flexibility index (Phi) is 11.6. The lowest BCUT2D eigenvalue weighted by molar-refractivity contribution is -0.147. The number of para-hydroxylation sites is 1. The molecule has 0 aliphatic carbocycles. The molecule has 3 heterocycles. The van der Waals surface area contributed by atoms with Crippen LogP contribution in [0.25, 0.3) is 10.9 Å². The molecule has 1 aromatic carbocycles. The highest BCUT2D eigenvalue weighted by Crippen LogP contribution is 2.24. The molecule has 0 unspecified atom stereocenters. The molecule has 240 valence electrons. The van der Waals surface area contributed by atoms with Gasteiger partial charge in [-0.1, -0.05) is 58.2 Å². The zero-order valence-electron chi connectivity index (χ0n) is 26.7. The fraction of sp³-hybridized carbons (Fsp3) is 0.618. The molecule has 10 nitrogen and oxygen atoms in total. The number of piperidine rings is 1. The summed E-state index contributed by atoms with van der Waals surface area (Å²) < 4.78 is 1.99. The van der Waals surface area contributed by atoms with Gasteiger partial charge in [-0.15, -0.1) is 0 Å². The number of nitrogens with zero attached hydrogens (tertiary/aromatic N) is 2. The number of amides is 4. The maximum Gasteiger partial charge on any atom is 0.246 e. The highest BCUT2D eigenvalue weighted by molar-refractivity contribution is 5.98. The predicted octanol–water partition coefficient (Wildman–Crippen LogP) is 3.55. The predicted molar refractivity (Wildman–Crippen MR) is 170 cm³/mol. The maximum absolute atomic E-state index is 14.0. The van der Waals surface area contributed by atoms with E-state index in [1.54, 1.807) is 4.90 Å². The Morgan fingerprint density at radius 2 is 1.66 bits per heavy atom. The third kappa shape index (κ3) is 7.87. The molecule has 0 bridgehead atoms. The van der Waals surface area contributed by atoms with E-state index < -0.39 is 36.0 Å². The van der Waals surface area contributed by atoms with Crippen molar-refractivity contribution in [2.24, 2.45) is 13.0 Å². The van der Waals surface area contributed by atoms with Gasteiger partial charge in [0.2, 0.25) is 23.6 Å². The molecule has 2 aliphatic rings. The van der Waals surface area contributed by atoms with Crippen molar-refractivity contribution < 1.29 is 24.0 Å². The average molecular weight is 608 g/mol. The zero-order chi connectivity index (χ0) is 31.8. The van der Waals surface area contributed by atoms with Crippen LogP contribution in [0.15, 0.2) is 30.5 Å². The van der Waals surface area contributed by atoms with Gasteiger partial charge in [-0.25, -0.2) is 0 Å². The molecular weight excluding hydrogens is 558 g/mol. The molecule has 3 N–H and O–H groups in total. The smallest absolute Gasteiger partial charge is 0.246 e. The van der Waals surface area contributed by atoms with Crippen molar-refractivity contribution in [3.8, 4) is 0 Å². The first kappa shape index (κ1) is 33.2. The number of fused-ring (bicyclic) bond motifs is 2. The second-order valence-electron chi connectivity index (χ2n) is 12.5. The second kappa shape index (κ2) is 15.3. The molecule has 0 spiro atoms. The van der Waals surface area contributed by atoms with Crippen molar-refractivity contribution in [2.75, 3.05) is 6.54 Å².